The van der Waals surface area contributed by atoms with Crippen LogP contribution in [0.5, 0.6) is 0 Å². The maximum absolute atomic E-state index is 6.95. The van der Waals surface area contributed by atoms with E-state index < -0.39 is 0 Å². The molecule has 0 spiro atoms. The van der Waals surface area contributed by atoms with Crippen LogP contribution >= 0.6 is 11.6 Å². The number of alkyl halides is 1. The summed E-state index contributed by atoms with van der Waals surface area (Å²) >= 11 is 6.95. The van der Waals surface area contributed by atoms with Crippen LogP contribution in [0.1, 0.15) is 62.6 Å². The minimum absolute atomic E-state index is 0.285. The maximum atomic E-state index is 6.95. The van der Waals surface area contributed by atoms with Crippen LogP contribution in [0.4, 0.5) is 0 Å². The van der Waals surface area contributed by atoms with Crippen molar-refractivity contribution < 1.29 is 0 Å². The van der Waals surface area contributed by atoms with Crippen LogP contribution in [-0.2, 0) is 6.42 Å². The van der Waals surface area contributed by atoms with E-state index in [0.717, 1.165) is 12.3 Å². The Bertz CT molecular complexity index is 441. The van der Waals surface area contributed by atoms with Gasteiger partial charge in [0.2, 0.25) is 0 Å². The molecule has 0 aliphatic heterocycles. The molecule has 20 heavy (non-hydrogen) atoms. The molecular formula is C19H29Cl. The fourth-order valence-electron chi connectivity index (χ4n) is 3.97. The lowest BCUT2D eigenvalue weighted by atomic mass is 9.74. The Balaban J connectivity index is 2.16. The second-order valence-electron chi connectivity index (χ2n) is 7.27. The fourth-order valence-corrected chi connectivity index (χ4v) is 4.44. The van der Waals surface area contributed by atoms with Gasteiger partial charge in [0.25, 0.3) is 0 Å². The van der Waals surface area contributed by atoms with Crippen molar-refractivity contribution in [2.45, 2.75) is 71.6 Å². The van der Waals surface area contributed by atoms with Crippen LogP contribution in [0.25, 0.3) is 0 Å². The van der Waals surface area contributed by atoms with Gasteiger partial charge in [-0.2, -0.15) is 0 Å². The molecule has 0 aromatic heterocycles. The van der Waals surface area contributed by atoms with E-state index >= 15 is 0 Å². The number of hydrogen-bond donors (Lipinski definition) is 0. The van der Waals surface area contributed by atoms with E-state index in [9.17, 15) is 0 Å². The highest BCUT2D eigenvalue weighted by Crippen LogP contribution is 2.49. The minimum atomic E-state index is 0.285. The summed E-state index contributed by atoms with van der Waals surface area (Å²) in [6, 6.07) is 6.75. The quantitative estimate of drug-likeness (QED) is 0.579. The van der Waals surface area contributed by atoms with Crippen LogP contribution in [0, 0.1) is 25.2 Å². The van der Waals surface area contributed by atoms with Crippen LogP contribution in [-0.4, -0.2) is 5.38 Å². The van der Waals surface area contributed by atoms with Crippen molar-refractivity contribution in [3.05, 3.63) is 34.9 Å². The van der Waals surface area contributed by atoms with Crippen LogP contribution < -0.4 is 0 Å². The van der Waals surface area contributed by atoms with Crippen LogP contribution in [0.2, 0.25) is 0 Å². The normalized spacial score (nSPS) is 19.5. The highest BCUT2D eigenvalue weighted by atomic mass is 35.5. The van der Waals surface area contributed by atoms with E-state index in [1.165, 1.54) is 48.8 Å². The van der Waals surface area contributed by atoms with Gasteiger partial charge < -0.3 is 0 Å². The number of rotatable bonds is 5. The summed E-state index contributed by atoms with van der Waals surface area (Å²) in [5.74, 6) is 0.743. The first-order chi connectivity index (χ1) is 9.43. The van der Waals surface area contributed by atoms with E-state index in [1.807, 2.05) is 0 Å². The van der Waals surface area contributed by atoms with Gasteiger partial charge in [-0.15, -0.1) is 11.6 Å². The summed E-state index contributed by atoms with van der Waals surface area (Å²) in [4.78, 5) is 0. The van der Waals surface area contributed by atoms with Gasteiger partial charge in [-0.25, -0.2) is 0 Å². The zero-order chi connectivity index (χ0) is 14.8. The van der Waals surface area contributed by atoms with Gasteiger partial charge >= 0.3 is 0 Å². The molecule has 1 atom stereocenters. The summed E-state index contributed by atoms with van der Waals surface area (Å²) in [6.45, 7) is 9.05. The smallest absolute Gasteiger partial charge is 0.0432 e. The van der Waals surface area contributed by atoms with Gasteiger partial charge in [0.1, 0.15) is 0 Å². The number of benzene rings is 1. The van der Waals surface area contributed by atoms with Gasteiger partial charge in [-0.05, 0) is 62.0 Å². The van der Waals surface area contributed by atoms with Gasteiger partial charge in [0.15, 0.2) is 0 Å². The summed E-state index contributed by atoms with van der Waals surface area (Å²) in [5.41, 5.74) is 4.56. The van der Waals surface area contributed by atoms with Crippen molar-refractivity contribution in [1.82, 2.24) is 0 Å². The molecule has 2 rings (SSSR count). The van der Waals surface area contributed by atoms with Crippen LogP contribution in [0.15, 0.2) is 18.2 Å². The zero-order valence-corrected chi connectivity index (χ0v) is 14.3. The highest BCUT2D eigenvalue weighted by molar-refractivity contribution is 6.21. The minimum Gasteiger partial charge on any atom is -0.122 e. The van der Waals surface area contributed by atoms with Gasteiger partial charge in [0.05, 0.1) is 0 Å². The van der Waals surface area contributed by atoms with Gasteiger partial charge in [0, 0.05) is 5.38 Å². The van der Waals surface area contributed by atoms with E-state index in [2.05, 4.69) is 45.9 Å². The first-order valence-corrected chi connectivity index (χ1v) is 8.57. The molecule has 1 aromatic rings. The SMILES string of the molecule is Cc1ccc(C)c(CC(Cl)C2(CC(C)C)CCCC2)c1. The molecule has 1 fully saturated rings. The molecule has 1 aliphatic rings. The highest BCUT2D eigenvalue weighted by Gasteiger charge is 2.40. The number of halogens is 1. The molecule has 0 nitrogen and oxygen atoms in total. The van der Waals surface area contributed by atoms with Crippen molar-refractivity contribution in [1.29, 1.82) is 0 Å². The lowest BCUT2D eigenvalue weighted by molar-refractivity contribution is 0.221. The lowest BCUT2D eigenvalue weighted by Crippen LogP contribution is -2.32. The third-order valence-corrected chi connectivity index (χ3v) is 5.60. The average Bonchev–Trinajstić information content (AvgIpc) is 2.82. The lowest BCUT2D eigenvalue weighted by Gasteiger charge is -2.36. The Kier molecular flexibility index (Phi) is 5.18. The molecule has 112 valence electrons. The maximum Gasteiger partial charge on any atom is 0.0432 e. The standard InChI is InChI=1S/C19H29Cl/c1-14(2)13-19(9-5-6-10-19)18(20)12-17-11-15(3)7-8-16(17)4/h7-8,11,14,18H,5-6,9-10,12-13H2,1-4H3. The molecule has 1 aliphatic carbocycles. The monoisotopic (exact) mass is 292 g/mol. The van der Waals surface area contributed by atoms with Gasteiger partial charge in [-0.1, -0.05) is 50.5 Å². The first kappa shape index (κ1) is 15.9. The summed E-state index contributed by atoms with van der Waals surface area (Å²) in [5, 5.41) is 0.285. The Morgan fingerprint density at radius 1 is 1.15 bits per heavy atom. The third kappa shape index (κ3) is 3.58. The van der Waals surface area contributed by atoms with E-state index in [-0.39, 0.29) is 5.38 Å². The molecule has 1 saturated carbocycles. The Labute approximate surface area is 129 Å². The average molecular weight is 293 g/mol. The van der Waals surface area contributed by atoms with Crippen molar-refractivity contribution in [3.8, 4) is 0 Å². The van der Waals surface area contributed by atoms with Crippen molar-refractivity contribution in [2.24, 2.45) is 11.3 Å². The first-order valence-electron chi connectivity index (χ1n) is 8.13. The fraction of sp³-hybridized carbons (Fsp3) is 0.684. The van der Waals surface area contributed by atoms with Crippen molar-refractivity contribution >= 4 is 11.6 Å². The largest absolute Gasteiger partial charge is 0.122 e. The number of aryl methyl sites for hydroxylation is 2. The third-order valence-electron chi connectivity index (χ3n) is 4.98. The van der Waals surface area contributed by atoms with E-state index in [0.29, 0.717) is 5.41 Å². The van der Waals surface area contributed by atoms with E-state index in [4.69, 9.17) is 11.6 Å². The molecule has 0 bridgehead atoms. The predicted molar refractivity (Wildman–Crippen MR) is 89.6 cm³/mol. The van der Waals surface area contributed by atoms with Gasteiger partial charge in [-0.3, -0.25) is 0 Å². The second kappa shape index (κ2) is 6.52. The molecule has 1 unspecified atom stereocenters. The predicted octanol–water partition coefficient (Wildman–Crippen LogP) is 6.06. The molecule has 1 aromatic carbocycles. The Hall–Kier alpha value is -0.490. The van der Waals surface area contributed by atoms with Crippen molar-refractivity contribution in [3.63, 3.8) is 0 Å². The molecular weight excluding hydrogens is 264 g/mol. The van der Waals surface area contributed by atoms with Crippen LogP contribution in [0.3, 0.4) is 0 Å². The number of hydrogen-bond acceptors (Lipinski definition) is 0. The molecule has 0 heterocycles. The molecule has 0 amide bonds. The summed E-state index contributed by atoms with van der Waals surface area (Å²) < 4.78 is 0. The zero-order valence-electron chi connectivity index (χ0n) is 13.5. The summed E-state index contributed by atoms with van der Waals surface area (Å²) in [6.07, 6.45) is 7.69. The summed E-state index contributed by atoms with van der Waals surface area (Å²) in [7, 11) is 0. The molecule has 0 radical (unpaired) electrons. The van der Waals surface area contributed by atoms with Crippen molar-refractivity contribution in [2.75, 3.05) is 0 Å². The Morgan fingerprint density at radius 3 is 2.40 bits per heavy atom. The molecule has 1 heteroatoms. The molecule has 0 N–H and O–H groups in total. The topological polar surface area (TPSA) is 0 Å². The second-order valence-corrected chi connectivity index (χ2v) is 7.80. The Morgan fingerprint density at radius 2 is 1.80 bits per heavy atom. The van der Waals surface area contributed by atoms with E-state index in [1.54, 1.807) is 0 Å². The molecule has 0 saturated heterocycles.